The van der Waals surface area contributed by atoms with Crippen LogP contribution in [0.1, 0.15) is 11.4 Å². The number of nitrogens with zero attached hydrogens (tertiary/aromatic N) is 2. The number of rotatable bonds is 3. The topological polar surface area (TPSA) is 56.3 Å². The summed E-state index contributed by atoms with van der Waals surface area (Å²) in [7, 11) is 0. The van der Waals surface area contributed by atoms with E-state index >= 15 is 0 Å². The van der Waals surface area contributed by atoms with E-state index in [4.69, 9.17) is 9.47 Å². The number of hydrogen-bond acceptors (Lipinski definition) is 6. The number of anilines is 1. The van der Waals surface area contributed by atoms with E-state index in [0.717, 1.165) is 5.56 Å². The van der Waals surface area contributed by atoms with Crippen molar-refractivity contribution in [3.63, 3.8) is 0 Å². The van der Waals surface area contributed by atoms with Crippen molar-refractivity contribution in [2.45, 2.75) is 12.7 Å². The standard InChI is InChI=1S/C11H8F3N3O2S/c12-11(13,14)9-16-10(20-17-9)15-4-6-2-1-3-7-8(6)19-5-18-7/h1-3H,4-5H2,(H,15,16,17). The van der Waals surface area contributed by atoms with E-state index in [2.05, 4.69) is 14.7 Å². The van der Waals surface area contributed by atoms with Crippen molar-refractivity contribution in [3.05, 3.63) is 29.6 Å². The highest BCUT2D eigenvalue weighted by Gasteiger charge is 2.36. The molecule has 1 aromatic carbocycles. The lowest BCUT2D eigenvalue weighted by Gasteiger charge is -2.06. The summed E-state index contributed by atoms with van der Waals surface area (Å²) >= 11 is 0.665. The fourth-order valence-electron chi connectivity index (χ4n) is 1.71. The van der Waals surface area contributed by atoms with Crippen LogP contribution in [0.2, 0.25) is 0 Å². The zero-order chi connectivity index (χ0) is 14.2. The van der Waals surface area contributed by atoms with Crippen molar-refractivity contribution in [2.24, 2.45) is 0 Å². The number of benzene rings is 1. The molecule has 0 saturated carbocycles. The predicted molar refractivity (Wildman–Crippen MR) is 64.8 cm³/mol. The first-order valence-electron chi connectivity index (χ1n) is 5.56. The van der Waals surface area contributed by atoms with Crippen molar-refractivity contribution < 1.29 is 22.6 Å². The normalized spacial score (nSPS) is 13.6. The summed E-state index contributed by atoms with van der Waals surface area (Å²) < 4.78 is 50.9. The molecule has 0 bridgehead atoms. The second-order valence-corrected chi connectivity index (χ2v) is 4.68. The maximum absolute atomic E-state index is 12.4. The Bertz CT molecular complexity index is 630. The van der Waals surface area contributed by atoms with Gasteiger partial charge in [0.1, 0.15) is 0 Å². The number of nitrogens with one attached hydrogen (secondary N) is 1. The maximum atomic E-state index is 12.4. The molecule has 0 spiro atoms. The van der Waals surface area contributed by atoms with E-state index in [1.54, 1.807) is 18.2 Å². The first-order chi connectivity index (χ1) is 9.54. The SMILES string of the molecule is FC(F)(F)c1nsc(NCc2cccc3c2OCO3)n1. The Balaban J connectivity index is 1.71. The largest absolute Gasteiger partial charge is 0.454 e. The summed E-state index contributed by atoms with van der Waals surface area (Å²) in [4.78, 5) is 3.39. The Kier molecular flexibility index (Phi) is 3.13. The number of alkyl halides is 3. The van der Waals surface area contributed by atoms with Gasteiger partial charge in [-0.15, -0.1) is 0 Å². The van der Waals surface area contributed by atoms with E-state index < -0.39 is 12.0 Å². The zero-order valence-electron chi connectivity index (χ0n) is 9.90. The highest BCUT2D eigenvalue weighted by molar-refractivity contribution is 7.09. The Hall–Kier alpha value is -2.03. The molecule has 0 radical (unpaired) electrons. The molecule has 0 fully saturated rings. The third-order valence-electron chi connectivity index (χ3n) is 2.59. The van der Waals surface area contributed by atoms with Crippen LogP contribution in [0.5, 0.6) is 11.5 Å². The first kappa shape index (κ1) is 13.0. The van der Waals surface area contributed by atoms with Gasteiger partial charge in [-0.2, -0.15) is 22.5 Å². The van der Waals surface area contributed by atoms with Crippen LogP contribution < -0.4 is 14.8 Å². The second-order valence-electron chi connectivity index (χ2n) is 3.93. The van der Waals surface area contributed by atoms with Crippen LogP contribution in [-0.2, 0) is 12.7 Å². The van der Waals surface area contributed by atoms with Gasteiger partial charge in [-0.05, 0) is 6.07 Å². The van der Waals surface area contributed by atoms with Crippen molar-refractivity contribution >= 4 is 16.7 Å². The molecular weight excluding hydrogens is 295 g/mol. The smallest absolute Gasteiger partial charge is 0.452 e. The van der Waals surface area contributed by atoms with Gasteiger partial charge in [0.25, 0.3) is 0 Å². The molecule has 9 heteroatoms. The number of para-hydroxylation sites is 1. The summed E-state index contributed by atoms with van der Waals surface area (Å²) in [5, 5.41) is 2.90. The molecule has 1 aliphatic rings. The summed E-state index contributed by atoms with van der Waals surface area (Å²) in [6, 6.07) is 5.34. The molecular formula is C11H8F3N3O2S. The van der Waals surface area contributed by atoms with Gasteiger partial charge in [0.15, 0.2) is 11.5 Å². The molecule has 0 atom stereocenters. The summed E-state index contributed by atoms with van der Waals surface area (Å²) in [5.41, 5.74) is 0.781. The van der Waals surface area contributed by atoms with Gasteiger partial charge in [0.2, 0.25) is 17.7 Å². The second kappa shape index (κ2) is 4.82. The van der Waals surface area contributed by atoms with Gasteiger partial charge in [-0.25, -0.2) is 0 Å². The summed E-state index contributed by atoms with van der Waals surface area (Å²) in [5.74, 6) is 0.0842. The quantitative estimate of drug-likeness (QED) is 0.945. The molecule has 1 aromatic heterocycles. The molecule has 5 nitrogen and oxygen atoms in total. The van der Waals surface area contributed by atoms with Crippen molar-refractivity contribution in [2.75, 3.05) is 12.1 Å². The highest BCUT2D eigenvalue weighted by Crippen LogP contribution is 2.36. The minimum atomic E-state index is -4.53. The third kappa shape index (κ3) is 2.48. The highest BCUT2D eigenvalue weighted by atomic mass is 32.1. The Morgan fingerprint density at radius 1 is 1.30 bits per heavy atom. The van der Waals surface area contributed by atoms with Crippen LogP contribution in [0.4, 0.5) is 18.3 Å². The Labute approximate surface area is 115 Å². The summed E-state index contributed by atoms with van der Waals surface area (Å²) in [6.45, 7) is 0.419. The van der Waals surface area contributed by atoms with E-state index in [0.29, 0.717) is 23.0 Å². The zero-order valence-corrected chi connectivity index (χ0v) is 10.7. The van der Waals surface area contributed by atoms with Crippen LogP contribution in [0.3, 0.4) is 0 Å². The number of hydrogen-bond donors (Lipinski definition) is 1. The Morgan fingerprint density at radius 3 is 2.90 bits per heavy atom. The van der Waals surface area contributed by atoms with E-state index in [9.17, 15) is 13.2 Å². The van der Waals surface area contributed by atoms with E-state index in [1.807, 2.05) is 0 Å². The van der Waals surface area contributed by atoms with Crippen LogP contribution in [-0.4, -0.2) is 16.2 Å². The number of ether oxygens (including phenoxy) is 2. The average molecular weight is 303 g/mol. The van der Waals surface area contributed by atoms with Crippen LogP contribution in [0.25, 0.3) is 0 Å². The molecule has 1 aliphatic heterocycles. The molecule has 106 valence electrons. The molecule has 0 aliphatic carbocycles. The van der Waals surface area contributed by atoms with Crippen molar-refractivity contribution in [1.82, 2.24) is 9.36 Å². The lowest BCUT2D eigenvalue weighted by molar-refractivity contribution is -0.144. The molecule has 0 unspecified atom stereocenters. The average Bonchev–Trinajstić information content (AvgIpc) is 3.04. The number of aromatic nitrogens is 2. The predicted octanol–water partition coefficient (Wildman–Crippen LogP) is 2.90. The van der Waals surface area contributed by atoms with Gasteiger partial charge in [0.05, 0.1) is 0 Å². The fourth-order valence-corrected chi connectivity index (χ4v) is 2.29. The third-order valence-corrected chi connectivity index (χ3v) is 3.26. The molecule has 1 N–H and O–H groups in total. The van der Waals surface area contributed by atoms with Crippen LogP contribution in [0, 0.1) is 0 Å². The molecule has 3 rings (SSSR count). The molecule has 0 amide bonds. The first-order valence-corrected chi connectivity index (χ1v) is 6.33. The minimum Gasteiger partial charge on any atom is -0.454 e. The molecule has 20 heavy (non-hydrogen) atoms. The van der Waals surface area contributed by atoms with Crippen LogP contribution >= 0.6 is 11.5 Å². The minimum absolute atomic E-state index is 0.105. The monoisotopic (exact) mass is 303 g/mol. The van der Waals surface area contributed by atoms with Crippen molar-refractivity contribution in [3.8, 4) is 11.5 Å². The van der Waals surface area contributed by atoms with Gasteiger partial charge in [0, 0.05) is 23.6 Å². The number of halogens is 3. The van der Waals surface area contributed by atoms with Gasteiger partial charge < -0.3 is 14.8 Å². The maximum Gasteiger partial charge on any atom is 0.452 e. The van der Waals surface area contributed by atoms with E-state index in [1.165, 1.54) is 0 Å². The van der Waals surface area contributed by atoms with Gasteiger partial charge in [-0.1, -0.05) is 12.1 Å². The van der Waals surface area contributed by atoms with Crippen LogP contribution in [0.15, 0.2) is 18.2 Å². The van der Waals surface area contributed by atoms with Gasteiger partial charge in [-0.3, -0.25) is 0 Å². The summed E-state index contributed by atoms with van der Waals surface area (Å²) in [6.07, 6.45) is -4.53. The van der Waals surface area contributed by atoms with Gasteiger partial charge >= 0.3 is 6.18 Å². The molecule has 0 saturated heterocycles. The lowest BCUT2D eigenvalue weighted by Crippen LogP contribution is -2.07. The Morgan fingerprint density at radius 2 is 2.15 bits per heavy atom. The fraction of sp³-hybridized carbons (Fsp3) is 0.273. The number of fused-ring (bicyclic) bond motifs is 1. The molecule has 2 aromatic rings. The van der Waals surface area contributed by atoms with E-state index in [-0.39, 0.29) is 18.5 Å². The van der Waals surface area contributed by atoms with Crippen molar-refractivity contribution in [1.29, 1.82) is 0 Å². The lowest BCUT2D eigenvalue weighted by atomic mass is 10.2. The molecule has 2 heterocycles.